The summed E-state index contributed by atoms with van der Waals surface area (Å²) in [7, 11) is 0. The van der Waals surface area contributed by atoms with Crippen LogP contribution < -0.4 is 5.32 Å². The van der Waals surface area contributed by atoms with E-state index in [9.17, 15) is 9.59 Å². The zero-order valence-corrected chi connectivity index (χ0v) is 18.0. The standard InChI is InChI=1S/C21H26ClN3O4/c1-20(2,3)28-19(27)25-9-12-13(10-25)15(12)18(26)23-21(4,5)17-11-7-6-8-14(22)16(11)29-24-17/h6-8,12-13,15H,9-10H2,1-5H3,(H,23,26)/t12-,13?,15?/m0/s1. The van der Waals surface area contributed by atoms with Crippen LogP contribution in [-0.4, -0.2) is 40.7 Å². The van der Waals surface area contributed by atoms with Crippen molar-refractivity contribution in [2.24, 2.45) is 17.8 Å². The van der Waals surface area contributed by atoms with E-state index in [0.29, 0.717) is 29.4 Å². The van der Waals surface area contributed by atoms with Crippen LogP contribution in [0.5, 0.6) is 0 Å². The summed E-state index contributed by atoms with van der Waals surface area (Å²) in [6, 6.07) is 5.46. The molecule has 1 aliphatic carbocycles. The van der Waals surface area contributed by atoms with Crippen molar-refractivity contribution < 1.29 is 18.8 Å². The lowest BCUT2D eigenvalue weighted by molar-refractivity contribution is -0.125. The molecule has 2 heterocycles. The van der Waals surface area contributed by atoms with Crippen LogP contribution in [0.2, 0.25) is 5.02 Å². The SMILES string of the molecule is CC(C)(C)OC(=O)N1CC2C(C(=O)NC(C)(C)c3noc4c(Cl)cccc34)[C@H]2C1. The van der Waals surface area contributed by atoms with Crippen molar-refractivity contribution in [1.82, 2.24) is 15.4 Å². The lowest BCUT2D eigenvalue weighted by Crippen LogP contribution is -2.44. The van der Waals surface area contributed by atoms with Gasteiger partial charge in [0.25, 0.3) is 0 Å². The molecule has 1 saturated heterocycles. The molecule has 2 aliphatic rings. The van der Waals surface area contributed by atoms with E-state index in [4.69, 9.17) is 20.9 Å². The Morgan fingerprint density at radius 2 is 1.86 bits per heavy atom. The Kier molecular flexibility index (Phi) is 4.57. The fourth-order valence-electron chi connectivity index (χ4n) is 4.22. The third-order valence-corrected chi connectivity index (χ3v) is 5.92. The lowest BCUT2D eigenvalue weighted by Gasteiger charge is -2.27. The van der Waals surface area contributed by atoms with E-state index < -0.39 is 11.1 Å². The van der Waals surface area contributed by atoms with Gasteiger partial charge in [0.1, 0.15) is 11.3 Å². The molecule has 1 aliphatic heterocycles. The molecule has 8 heteroatoms. The van der Waals surface area contributed by atoms with E-state index in [-0.39, 0.29) is 29.8 Å². The van der Waals surface area contributed by atoms with E-state index in [1.54, 1.807) is 11.0 Å². The summed E-state index contributed by atoms with van der Waals surface area (Å²) >= 11 is 6.17. The molecular weight excluding hydrogens is 394 g/mol. The number of nitrogens with zero attached hydrogens (tertiary/aromatic N) is 2. The van der Waals surface area contributed by atoms with Crippen molar-refractivity contribution >= 4 is 34.6 Å². The van der Waals surface area contributed by atoms with Crippen molar-refractivity contribution in [2.75, 3.05) is 13.1 Å². The maximum absolute atomic E-state index is 12.9. The number of aromatic nitrogens is 1. The van der Waals surface area contributed by atoms with Crippen LogP contribution in [0.15, 0.2) is 22.7 Å². The van der Waals surface area contributed by atoms with Gasteiger partial charge in [-0.2, -0.15) is 0 Å². The van der Waals surface area contributed by atoms with Crippen LogP contribution >= 0.6 is 11.6 Å². The van der Waals surface area contributed by atoms with Crippen LogP contribution in [-0.2, 0) is 15.1 Å². The van der Waals surface area contributed by atoms with E-state index >= 15 is 0 Å². The number of benzene rings is 1. The van der Waals surface area contributed by atoms with Gasteiger partial charge in [-0.1, -0.05) is 22.8 Å². The monoisotopic (exact) mass is 419 g/mol. The Labute approximate surface area is 174 Å². The summed E-state index contributed by atoms with van der Waals surface area (Å²) in [5.74, 6) is 0.255. The van der Waals surface area contributed by atoms with Gasteiger partial charge < -0.3 is 19.5 Å². The maximum atomic E-state index is 12.9. The Hall–Kier alpha value is -2.28. The molecule has 2 unspecified atom stereocenters. The predicted molar refractivity (Wildman–Crippen MR) is 108 cm³/mol. The molecule has 1 aromatic heterocycles. The van der Waals surface area contributed by atoms with Gasteiger partial charge in [0.2, 0.25) is 5.91 Å². The molecule has 2 aromatic rings. The van der Waals surface area contributed by atoms with Gasteiger partial charge >= 0.3 is 6.09 Å². The van der Waals surface area contributed by atoms with Crippen molar-refractivity contribution in [3.63, 3.8) is 0 Å². The average Bonchev–Trinajstić information content (AvgIpc) is 2.96. The van der Waals surface area contributed by atoms with Crippen LogP contribution in [0.1, 0.15) is 40.3 Å². The minimum Gasteiger partial charge on any atom is -0.444 e. The Balaban J connectivity index is 1.40. The van der Waals surface area contributed by atoms with Crippen molar-refractivity contribution in [3.8, 4) is 0 Å². The molecule has 2 fully saturated rings. The molecule has 0 spiro atoms. The summed E-state index contributed by atoms with van der Waals surface area (Å²) in [5, 5.41) is 8.54. The molecule has 3 atom stereocenters. The zero-order valence-electron chi connectivity index (χ0n) is 17.3. The number of likely N-dealkylation sites (tertiary alicyclic amines) is 1. The number of halogens is 1. The molecule has 1 saturated carbocycles. The molecular formula is C21H26ClN3O4. The Morgan fingerprint density at radius 1 is 1.21 bits per heavy atom. The van der Waals surface area contributed by atoms with E-state index in [1.165, 1.54) is 0 Å². The molecule has 0 radical (unpaired) electrons. The summed E-state index contributed by atoms with van der Waals surface area (Å²) in [6.45, 7) is 10.5. The van der Waals surface area contributed by atoms with Gasteiger partial charge in [-0.25, -0.2) is 4.79 Å². The first-order valence-electron chi connectivity index (χ1n) is 9.82. The number of fused-ring (bicyclic) bond motifs is 2. The fourth-order valence-corrected chi connectivity index (χ4v) is 4.43. The first-order valence-corrected chi connectivity index (χ1v) is 10.2. The number of amides is 2. The highest BCUT2D eigenvalue weighted by atomic mass is 35.5. The Morgan fingerprint density at radius 3 is 2.48 bits per heavy atom. The summed E-state index contributed by atoms with van der Waals surface area (Å²) < 4.78 is 10.8. The number of hydrogen-bond donors (Lipinski definition) is 1. The minimum absolute atomic E-state index is 0.0213. The van der Waals surface area contributed by atoms with Gasteiger partial charge in [0.15, 0.2) is 5.58 Å². The molecule has 2 amide bonds. The number of para-hydroxylation sites is 1. The second kappa shape index (κ2) is 6.62. The second-order valence-electron chi connectivity index (χ2n) is 9.50. The first kappa shape index (κ1) is 20.0. The quantitative estimate of drug-likeness (QED) is 0.814. The molecule has 29 heavy (non-hydrogen) atoms. The van der Waals surface area contributed by atoms with Gasteiger partial charge in [-0.3, -0.25) is 4.79 Å². The topological polar surface area (TPSA) is 84.7 Å². The number of hydrogen-bond acceptors (Lipinski definition) is 5. The van der Waals surface area contributed by atoms with Gasteiger partial charge in [-0.05, 0) is 58.6 Å². The summed E-state index contributed by atoms with van der Waals surface area (Å²) in [5.41, 5.74) is -0.0739. The van der Waals surface area contributed by atoms with Crippen molar-refractivity contribution in [2.45, 2.75) is 45.8 Å². The highest BCUT2D eigenvalue weighted by molar-refractivity contribution is 6.34. The normalized spacial score (nSPS) is 23.8. The number of piperidine rings is 1. The minimum atomic E-state index is -0.714. The van der Waals surface area contributed by atoms with Crippen LogP contribution in [0.3, 0.4) is 0 Å². The third kappa shape index (κ3) is 3.68. The molecule has 156 valence electrons. The number of ether oxygens (including phenoxy) is 1. The third-order valence-electron chi connectivity index (χ3n) is 5.63. The maximum Gasteiger partial charge on any atom is 0.410 e. The highest BCUT2D eigenvalue weighted by Gasteiger charge is 2.61. The molecule has 0 bridgehead atoms. The van der Waals surface area contributed by atoms with Gasteiger partial charge in [-0.15, -0.1) is 0 Å². The van der Waals surface area contributed by atoms with E-state index in [1.807, 2.05) is 46.8 Å². The van der Waals surface area contributed by atoms with Crippen LogP contribution in [0, 0.1) is 17.8 Å². The Bertz CT molecular complexity index is 966. The summed E-state index contributed by atoms with van der Waals surface area (Å²) in [6.07, 6.45) is -0.310. The predicted octanol–water partition coefficient (Wildman–Crippen LogP) is 3.95. The second-order valence-corrected chi connectivity index (χ2v) is 9.91. The summed E-state index contributed by atoms with van der Waals surface area (Å²) in [4.78, 5) is 26.8. The van der Waals surface area contributed by atoms with E-state index in [2.05, 4.69) is 10.5 Å². The average molecular weight is 420 g/mol. The van der Waals surface area contributed by atoms with Crippen molar-refractivity contribution in [3.05, 3.63) is 28.9 Å². The number of carbonyl (C=O) groups excluding carboxylic acids is 2. The highest BCUT2D eigenvalue weighted by Crippen LogP contribution is 2.52. The van der Waals surface area contributed by atoms with Gasteiger partial charge in [0, 0.05) is 24.4 Å². The van der Waals surface area contributed by atoms with Gasteiger partial charge in [0.05, 0.1) is 10.6 Å². The number of carbonyl (C=O) groups is 2. The van der Waals surface area contributed by atoms with Crippen LogP contribution in [0.4, 0.5) is 4.79 Å². The first-order chi connectivity index (χ1) is 13.5. The molecule has 4 rings (SSSR count). The van der Waals surface area contributed by atoms with E-state index in [0.717, 1.165) is 5.39 Å². The number of nitrogens with one attached hydrogen (secondary N) is 1. The molecule has 7 nitrogen and oxygen atoms in total. The molecule has 1 aromatic carbocycles. The fraction of sp³-hybridized carbons (Fsp3) is 0.571. The lowest BCUT2D eigenvalue weighted by atomic mass is 9.96. The number of rotatable bonds is 3. The largest absolute Gasteiger partial charge is 0.444 e. The van der Waals surface area contributed by atoms with Crippen LogP contribution in [0.25, 0.3) is 11.0 Å². The van der Waals surface area contributed by atoms with Crippen molar-refractivity contribution in [1.29, 1.82) is 0 Å². The molecule has 1 N–H and O–H groups in total. The smallest absolute Gasteiger partial charge is 0.410 e. The zero-order chi connectivity index (χ0) is 21.1.